The number of carbonyl (C=O) groups is 2. The van der Waals surface area contributed by atoms with Crippen LogP contribution in [-0.4, -0.2) is 52.3 Å². The predicted molar refractivity (Wildman–Crippen MR) is 96.9 cm³/mol. The molecule has 25 heavy (non-hydrogen) atoms. The van der Waals surface area contributed by atoms with Gasteiger partial charge in [-0.1, -0.05) is 27.7 Å². The fourth-order valence-electron chi connectivity index (χ4n) is 2.44. The fourth-order valence-corrected chi connectivity index (χ4v) is 5.78. The Bertz CT molecular complexity index is 624. The Hall–Kier alpha value is -0.910. The lowest BCUT2D eigenvalue weighted by molar-refractivity contribution is -0.199. The normalized spacial score (nSPS) is 24.9. The lowest BCUT2D eigenvalue weighted by Crippen LogP contribution is -2.40. The summed E-state index contributed by atoms with van der Waals surface area (Å²) >= 11 is 0. The molecule has 1 saturated heterocycles. The smallest absolute Gasteiger partial charge is 0.353 e. The molecule has 11 heteroatoms. The summed E-state index contributed by atoms with van der Waals surface area (Å²) < 4.78 is 32.4. The topological polar surface area (TPSA) is 113 Å². The number of hydrogen-bond acceptors (Lipinski definition) is 8. The van der Waals surface area contributed by atoms with Crippen molar-refractivity contribution in [1.82, 2.24) is 10.4 Å². The van der Waals surface area contributed by atoms with Crippen LogP contribution in [0.2, 0.25) is 0 Å². The van der Waals surface area contributed by atoms with Crippen molar-refractivity contribution in [1.29, 1.82) is 0 Å². The maximum absolute atomic E-state index is 12.1. The van der Waals surface area contributed by atoms with E-state index in [1.165, 1.54) is 10.8 Å². The molecule has 0 aliphatic carbocycles. The summed E-state index contributed by atoms with van der Waals surface area (Å²) in [7, 11) is -1.63. The van der Waals surface area contributed by atoms with Gasteiger partial charge in [0.1, 0.15) is 0 Å². The van der Waals surface area contributed by atoms with Gasteiger partial charge in [0.2, 0.25) is 0 Å². The predicted octanol–water partition coefficient (Wildman–Crippen LogP) is 1.71. The molecule has 1 fully saturated rings. The van der Waals surface area contributed by atoms with Crippen LogP contribution in [0.4, 0.5) is 0 Å². The standard InChI is InChI=1S/C14H22N2O6S3/c1-10-5-6-13(17)16(10)22-14(18)11(25(19,20)21)7-9-23-24-12-4-2-3-8-15-12/h3,8,10-12,15H,2,4-7,9H2,1H3,(H,19,20,21). The molecule has 3 atom stereocenters. The van der Waals surface area contributed by atoms with E-state index >= 15 is 0 Å². The zero-order chi connectivity index (χ0) is 18.4. The van der Waals surface area contributed by atoms with Crippen LogP contribution >= 0.6 is 21.6 Å². The van der Waals surface area contributed by atoms with E-state index in [1.807, 2.05) is 12.3 Å². The molecule has 3 unspecified atom stereocenters. The summed E-state index contributed by atoms with van der Waals surface area (Å²) in [5, 5.41) is 2.62. The number of rotatable bonds is 8. The molecular formula is C14H22N2O6S3. The Morgan fingerprint density at radius 3 is 2.84 bits per heavy atom. The van der Waals surface area contributed by atoms with Gasteiger partial charge >= 0.3 is 5.97 Å². The first-order chi connectivity index (χ1) is 11.8. The zero-order valence-electron chi connectivity index (χ0n) is 13.8. The minimum Gasteiger partial charge on any atom is -0.379 e. The van der Waals surface area contributed by atoms with E-state index in [2.05, 4.69) is 5.32 Å². The molecule has 0 bridgehead atoms. The Morgan fingerprint density at radius 2 is 2.28 bits per heavy atom. The third kappa shape index (κ3) is 6.08. The second kappa shape index (κ2) is 9.15. The average molecular weight is 411 g/mol. The lowest BCUT2D eigenvalue weighted by atomic mass is 10.2. The van der Waals surface area contributed by atoms with Gasteiger partial charge < -0.3 is 10.2 Å². The van der Waals surface area contributed by atoms with Gasteiger partial charge in [-0.15, -0.1) is 0 Å². The molecule has 2 aliphatic rings. The Balaban J connectivity index is 1.84. The molecule has 0 radical (unpaired) electrons. The van der Waals surface area contributed by atoms with E-state index < -0.39 is 21.3 Å². The second-order valence-corrected chi connectivity index (χ2v) is 10.2. The van der Waals surface area contributed by atoms with Gasteiger partial charge in [-0.25, -0.2) is 4.79 Å². The SMILES string of the molecule is CC1CCC(=O)N1OC(=O)C(CCSSC1CCC=CN1)S(=O)(=O)O. The summed E-state index contributed by atoms with van der Waals surface area (Å²) in [4.78, 5) is 28.7. The van der Waals surface area contributed by atoms with Crippen LogP contribution in [0.25, 0.3) is 0 Å². The second-order valence-electron chi connectivity index (χ2n) is 5.86. The summed E-state index contributed by atoms with van der Waals surface area (Å²) in [6.45, 7) is 1.71. The highest BCUT2D eigenvalue weighted by Crippen LogP contribution is 2.31. The van der Waals surface area contributed by atoms with E-state index in [0.29, 0.717) is 12.2 Å². The molecule has 2 rings (SSSR count). The lowest BCUT2D eigenvalue weighted by Gasteiger charge is -2.22. The third-order valence-electron chi connectivity index (χ3n) is 3.88. The summed E-state index contributed by atoms with van der Waals surface area (Å²) in [5.41, 5.74) is 0. The summed E-state index contributed by atoms with van der Waals surface area (Å²) in [6, 6.07) is -0.297. The first-order valence-electron chi connectivity index (χ1n) is 7.98. The molecule has 0 aromatic carbocycles. The molecule has 2 aliphatic heterocycles. The fraction of sp³-hybridized carbons (Fsp3) is 0.714. The van der Waals surface area contributed by atoms with Gasteiger partial charge in [0.15, 0.2) is 5.25 Å². The molecule has 8 nitrogen and oxygen atoms in total. The van der Waals surface area contributed by atoms with Crippen molar-refractivity contribution < 1.29 is 27.4 Å². The Morgan fingerprint density at radius 1 is 1.52 bits per heavy atom. The number of carbonyl (C=O) groups excluding carboxylic acids is 2. The maximum Gasteiger partial charge on any atom is 0.353 e. The van der Waals surface area contributed by atoms with Crippen molar-refractivity contribution in [3.05, 3.63) is 12.3 Å². The van der Waals surface area contributed by atoms with Crippen molar-refractivity contribution in [3.63, 3.8) is 0 Å². The van der Waals surface area contributed by atoms with Crippen LogP contribution < -0.4 is 5.32 Å². The number of nitrogens with zero attached hydrogens (tertiary/aromatic N) is 1. The first-order valence-corrected chi connectivity index (χ1v) is 11.9. The third-order valence-corrected chi connectivity index (χ3v) is 7.77. The number of nitrogens with one attached hydrogen (secondary N) is 1. The van der Waals surface area contributed by atoms with E-state index in [9.17, 15) is 22.6 Å². The zero-order valence-corrected chi connectivity index (χ0v) is 16.2. The molecule has 0 spiro atoms. The van der Waals surface area contributed by atoms with Gasteiger partial charge in [-0.2, -0.15) is 13.5 Å². The summed E-state index contributed by atoms with van der Waals surface area (Å²) in [5.74, 6) is -1.14. The molecule has 1 amide bonds. The van der Waals surface area contributed by atoms with Crippen molar-refractivity contribution in [2.75, 3.05) is 5.75 Å². The maximum atomic E-state index is 12.1. The minimum atomic E-state index is -4.61. The number of hydroxylamine groups is 2. The van der Waals surface area contributed by atoms with Crippen LogP contribution in [0.1, 0.15) is 39.0 Å². The Labute approximate surface area is 155 Å². The van der Waals surface area contributed by atoms with E-state index in [4.69, 9.17) is 4.84 Å². The van der Waals surface area contributed by atoms with Crippen LogP contribution in [0.3, 0.4) is 0 Å². The van der Waals surface area contributed by atoms with Crippen LogP contribution in [0.5, 0.6) is 0 Å². The number of hydrogen-bond donors (Lipinski definition) is 2. The molecule has 2 N–H and O–H groups in total. The van der Waals surface area contributed by atoms with Gasteiger partial charge in [-0.3, -0.25) is 9.35 Å². The average Bonchev–Trinajstić information content (AvgIpc) is 2.86. The van der Waals surface area contributed by atoms with Crippen LogP contribution in [-0.2, 0) is 24.5 Å². The van der Waals surface area contributed by atoms with Crippen LogP contribution in [0.15, 0.2) is 12.3 Å². The first kappa shape index (κ1) is 20.4. The van der Waals surface area contributed by atoms with Crippen molar-refractivity contribution in [3.8, 4) is 0 Å². The van der Waals surface area contributed by atoms with Gasteiger partial charge in [0.05, 0.1) is 11.4 Å². The van der Waals surface area contributed by atoms with Crippen molar-refractivity contribution in [2.24, 2.45) is 0 Å². The highest BCUT2D eigenvalue weighted by atomic mass is 33.1. The Kier molecular flexibility index (Phi) is 7.47. The molecule has 2 heterocycles. The van der Waals surface area contributed by atoms with E-state index in [1.54, 1.807) is 17.7 Å². The molecule has 0 aromatic rings. The number of allylic oxidation sites excluding steroid dienone is 1. The molecule has 0 aromatic heterocycles. The highest BCUT2D eigenvalue weighted by Gasteiger charge is 2.38. The van der Waals surface area contributed by atoms with Gasteiger partial charge in [0, 0.05) is 12.2 Å². The largest absolute Gasteiger partial charge is 0.379 e. The van der Waals surface area contributed by atoms with E-state index in [-0.39, 0.29) is 30.2 Å². The van der Waals surface area contributed by atoms with E-state index in [0.717, 1.165) is 17.9 Å². The summed E-state index contributed by atoms with van der Waals surface area (Å²) in [6.07, 6.45) is 6.56. The molecule has 0 saturated carbocycles. The molecular weight excluding hydrogens is 388 g/mol. The quantitative estimate of drug-likeness (QED) is 0.351. The molecule has 142 valence electrons. The van der Waals surface area contributed by atoms with Crippen molar-refractivity contribution in [2.45, 2.75) is 55.7 Å². The minimum absolute atomic E-state index is 0.0890. The van der Waals surface area contributed by atoms with Gasteiger partial charge in [0.25, 0.3) is 16.0 Å². The monoisotopic (exact) mass is 410 g/mol. The van der Waals surface area contributed by atoms with Gasteiger partial charge in [-0.05, 0) is 38.8 Å². The van der Waals surface area contributed by atoms with Crippen molar-refractivity contribution >= 4 is 43.6 Å². The van der Waals surface area contributed by atoms with Crippen LogP contribution in [0, 0.1) is 0 Å². The number of amides is 1. The highest BCUT2D eigenvalue weighted by molar-refractivity contribution is 8.76.